The van der Waals surface area contributed by atoms with E-state index in [2.05, 4.69) is 6.92 Å². The molecule has 0 radical (unpaired) electrons. The van der Waals surface area contributed by atoms with Crippen molar-refractivity contribution in [2.24, 2.45) is 11.7 Å². The molecule has 2 aliphatic heterocycles. The number of hydrogen-bond acceptors (Lipinski definition) is 4. The van der Waals surface area contributed by atoms with Crippen molar-refractivity contribution in [1.29, 1.82) is 0 Å². The second kappa shape index (κ2) is 7.09. The maximum Gasteiger partial charge on any atom is 0.327 e. The van der Waals surface area contributed by atoms with Crippen LogP contribution in [0.2, 0.25) is 0 Å². The monoisotopic (exact) mass is 318 g/mol. The quantitative estimate of drug-likeness (QED) is 0.735. The zero-order valence-corrected chi connectivity index (χ0v) is 13.3. The van der Waals surface area contributed by atoms with Crippen molar-refractivity contribution in [2.45, 2.75) is 25.8 Å². The van der Waals surface area contributed by atoms with Gasteiger partial charge in [0.2, 0.25) is 5.91 Å². The first-order valence-electron chi connectivity index (χ1n) is 6.99. The fourth-order valence-corrected chi connectivity index (χ4v) is 2.85. The molecule has 4 amide bonds. The average Bonchev–Trinajstić information content (AvgIpc) is 2.65. The molecule has 0 aromatic heterocycles. The van der Waals surface area contributed by atoms with Gasteiger partial charge in [-0.25, -0.2) is 4.79 Å². The smallest absolute Gasteiger partial charge is 0.327 e. The van der Waals surface area contributed by atoms with E-state index in [-0.39, 0.29) is 43.4 Å². The number of likely N-dealkylation sites (tertiary alicyclic amines) is 1. The third-order valence-corrected chi connectivity index (χ3v) is 4.09. The molecule has 0 aliphatic carbocycles. The number of carbonyl (C=O) groups is 3. The summed E-state index contributed by atoms with van der Waals surface area (Å²) in [4.78, 5) is 39.8. The molecule has 2 atom stereocenters. The molecule has 2 unspecified atom stereocenters. The third kappa shape index (κ3) is 3.65. The van der Waals surface area contributed by atoms with Crippen molar-refractivity contribution in [3.63, 3.8) is 0 Å². The Morgan fingerprint density at radius 3 is 2.57 bits per heavy atom. The topological polar surface area (TPSA) is 87.0 Å². The van der Waals surface area contributed by atoms with Crippen LogP contribution in [0.3, 0.4) is 0 Å². The highest BCUT2D eigenvalue weighted by Crippen LogP contribution is 2.22. The van der Waals surface area contributed by atoms with Gasteiger partial charge in [-0.2, -0.15) is 0 Å². The Kier molecular flexibility index (Phi) is 5.98. The number of imide groups is 1. The number of amides is 4. The van der Waals surface area contributed by atoms with E-state index in [0.29, 0.717) is 19.0 Å². The van der Waals surface area contributed by atoms with E-state index >= 15 is 0 Å². The number of carbonyl (C=O) groups excluding carboxylic acids is 3. The zero-order valence-electron chi connectivity index (χ0n) is 12.4. The van der Waals surface area contributed by atoms with Crippen LogP contribution in [0.5, 0.6) is 0 Å². The molecule has 2 saturated heterocycles. The maximum absolute atomic E-state index is 12.3. The van der Waals surface area contributed by atoms with E-state index in [1.165, 1.54) is 4.90 Å². The molecule has 0 aromatic carbocycles. The van der Waals surface area contributed by atoms with Crippen molar-refractivity contribution in [3.05, 3.63) is 0 Å². The van der Waals surface area contributed by atoms with Crippen LogP contribution in [0, 0.1) is 5.92 Å². The van der Waals surface area contributed by atoms with E-state index in [9.17, 15) is 14.4 Å². The van der Waals surface area contributed by atoms with Gasteiger partial charge >= 0.3 is 6.03 Å². The second-order valence-electron chi connectivity index (χ2n) is 5.72. The van der Waals surface area contributed by atoms with Crippen LogP contribution >= 0.6 is 12.4 Å². The van der Waals surface area contributed by atoms with Crippen LogP contribution in [0.15, 0.2) is 0 Å². The molecule has 0 spiro atoms. The fraction of sp³-hybridized carbons (Fsp3) is 0.769. The highest BCUT2D eigenvalue weighted by atomic mass is 35.5. The van der Waals surface area contributed by atoms with Crippen molar-refractivity contribution in [1.82, 2.24) is 14.7 Å². The number of nitrogens with zero attached hydrogens (tertiary/aromatic N) is 3. The maximum atomic E-state index is 12.3. The summed E-state index contributed by atoms with van der Waals surface area (Å²) in [6.45, 7) is 3.08. The second-order valence-corrected chi connectivity index (χ2v) is 5.72. The van der Waals surface area contributed by atoms with Crippen molar-refractivity contribution in [3.8, 4) is 0 Å². The van der Waals surface area contributed by atoms with Crippen molar-refractivity contribution in [2.75, 3.05) is 33.2 Å². The molecule has 7 nitrogen and oxygen atoms in total. The summed E-state index contributed by atoms with van der Waals surface area (Å²) in [6, 6.07) is -0.394. The standard InChI is InChI=1S/C13H22N4O3.ClH/c1-9-3-4-16(10(5-9)6-14)12(19)8-17-11(18)7-15(2)13(17)20;/h9-10H,3-8,14H2,1-2H3;1H. The zero-order chi connectivity index (χ0) is 14.9. The van der Waals surface area contributed by atoms with Gasteiger partial charge < -0.3 is 15.5 Å². The predicted molar refractivity (Wildman–Crippen MR) is 79.9 cm³/mol. The summed E-state index contributed by atoms with van der Waals surface area (Å²) in [5, 5.41) is 0. The summed E-state index contributed by atoms with van der Waals surface area (Å²) < 4.78 is 0. The molecule has 0 bridgehead atoms. The summed E-state index contributed by atoms with van der Waals surface area (Å²) in [5.41, 5.74) is 5.73. The van der Waals surface area contributed by atoms with E-state index in [4.69, 9.17) is 5.73 Å². The average molecular weight is 319 g/mol. The molecule has 21 heavy (non-hydrogen) atoms. The number of halogens is 1. The lowest BCUT2D eigenvalue weighted by Crippen LogP contribution is -2.52. The summed E-state index contributed by atoms with van der Waals surface area (Å²) in [6.07, 6.45) is 1.81. The lowest BCUT2D eigenvalue weighted by Gasteiger charge is -2.38. The third-order valence-electron chi connectivity index (χ3n) is 4.09. The molecule has 2 aliphatic rings. The van der Waals surface area contributed by atoms with Gasteiger partial charge in [0.05, 0.1) is 0 Å². The van der Waals surface area contributed by atoms with E-state index < -0.39 is 6.03 Å². The molecular formula is C13H23ClN4O3. The number of rotatable bonds is 3. The summed E-state index contributed by atoms with van der Waals surface area (Å²) in [7, 11) is 1.55. The van der Waals surface area contributed by atoms with E-state index in [1.807, 2.05) is 0 Å². The number of urea groups is 1. The van der Waals surface area contributed by atoms with Crippen LogP contribution in [-0.2, 0) is 9.59 Å². The van der Waals surface area contributed by atoms with Crippen molar-refractivity contribution >= 4 is 30.3 Å². The number of likely N-dealkylation sites (N-methyl/N-ethyl adjacent to an activating group) is 1. The Balaban J connectivity index is 0.00000220. The number of nitrogens with two attached hydrogens (primary N) is 1. The number of piperidine rings is 1. The molecule has 2 heterocycles. The molecule has 8 heteroatoms. The highest BCUT2D eigenvalue weighted by molar-refractivity contribution is 6.04. The number of hydrogen-bond donors (Lipinski definition) is 1. The molecular weight excluding hydrogens is 296 g/mol. The van der Waals surface area contributed by atoms with E-state index in [1.54, 1.807) is 11.9 Å². The summed E-state index contributed by atoms with van der Waals surface area (Å²) in [5.74, 6) is 0.0404. The minimum Gasteiger partial charge on any atom is -0.337 e. The van der Waals surface area contributed by atoms with Crippen LogP contribution in [0.4, 0.5) is 4.79 Å². The Bertz CT molecular complexity index is 432. The van der Waals surface area contributed by atoms with Gasteiger partial charge in [-0.1, -0.05) is 6.92 Å². The molecule has 2 N–H and O–H groups in total. The van der Waals surface area contributed by atoms with Gasteiger partial charge in [-0.15, -0.1) is 12.4 Å². The van der Waals surface area contributed by atoms with Gasteiger partial charge in [0, 0.05) is 26.2 Å². The highest BCUT2D eigenvalue weighted by Gasteiger charge is 2.37. The minimum absolute atomic E-state index is 0. The fourth-order valence-electron chi connectivity index (χ4n) is 2.85. The Morgan fingerprint density at radius 2 is 2.05 bits per heavy atom. The predicted octanol–water partition coefficient (Wildman–Crippen LogP) is -0.112. The first kappa shape index (κ1) is 17.7. The molecule has 2 fully saturated rings. The molecule has 120 valence electrons. The normalized spacial score (nSPS) is 26.1. The first-order chi connectivity index (χ1) is 9.43. The Morgan fingerprint density at radius 1 is 1.38 bits per heavy atom. The lowest BCUT2D eigenvalue weighted by atomic mass is 9.92. The SMILES string of the molecule is CC1CCN(C(=O)CN2C(=O)CN(C)C2=O)C(CN)C1.Cl. The summed E-state index contributed by atoms with van der Waals surface area (Å²) >= 11 is 0. The van der Waals surface area contributed by atoms with Gasteiger partial charge in [0.25, 0.3) is 5.91 Å². The van der Waals surface area contributed by atoms with Crippen LogP contribution < -0.4 is 5.73 Å². The van der Waals surface area contributed by atoms with Gasteiger partial charge in [-0.3, -0.25) is 14.5 Å². The van der Waals surface area contributed by atoms with Crippen LogP contribution in [-0.4, -0.2) is 71.8 Å². The minimum atomic E-state index is -0.405. The van der Waals surface area contributed by atoms with Crippen molar-refractivity contribution < 1.29 is 14.4 Å². The largest absolute Gasteiger partial charge is 0.337 e. The molecule has 0 saturated carbocycles. The Hall–Kier alpha value is -1.34. The lowest BCUT2D eigenvalue weighted by molar-refractivity contribution is -0.139. The van der Waals surface area contributed by atoms with Gasteiger partial charge in [0.1, 0.15) is 13.1 Å². The Labute approximate surface area is 130 Å². The van der Waals surface area contributed by atoms with Gasteiger partial charge in [-0.05, 0) is 18.8 Å². The molecule has 0 aromatic rings. The van der Waals surface area contributed by atoms with Crippen LogP contribution in [0.25, 0.3) is 0 Å². The molecule has 2 rings (SSSR count). The first-order valence-corrected chi connectivity index (χ1v) is 6.99. The van der Waals surface area contributed by atoms with Gasteiger partial charge in [0.15, 0.2) is 0 Å². The van der Waals surface area contributed by atoms with E-state index in [0.717, 1.165) is 17.7 Å². The van der Waals surface area contributed by atoms with Crippen LogP contribution in [0.1, 0.15) is 19.8 Å².